The zero-order valence-corrected chi connectivity index (χ0v) is 11.2. The van der Waals surface area contributed by atoms with E-state index >= 15 is 0 Å². The van der Waals surface area contributed by atoms with Crippen LogP contribution in [0.3, 0.4) is 0 Å². The van der Waals surface area contributed by atoms with Crippen LogP contribution in [0.1, 0.15) is 32.4 Å². The van der Waals surface area contributed by atoms with Crippen LogP contribution in [0.15, 0.2) is 34.1 Å². The maximum Gasteiger partial charge on any atom is 0.275 e. The van der Waals surface area contributed by atoms with Gasteiger partial charge in [-0.25, -0.2) is 0 Å². The Balaban J connectivity index is 2.84. The largest absolute Gasteiger partial charge is 0.309 e. The summed E-state index contributed by atoms with van der Waals surface area (Å²) < 4.78 is 3.12. The Kier molecular flexibility index (Phi) is 3.11. The smallest absolute Gasteiger partial charge is 0.275 e. The SMILES string of the molecule is Cc1ccc(=O)n2ccn(C(C)C(C)C)c(=O)c12. The zero-order valence-electron chi connectivity index (χ0n) is 11.2. The normalized spacial score (nSPS) is 13.2. The van der Waals surface area contributed by atoms with Gasteiger partial charge in [-0.05, 0) is 25.3 Å². The number of aromatic nitrogens is 2. The third kappa shape index (κ3) is 1.88. The van der Waals surface area contributed by atoms with Gasteiger partial charge >= 0.3 is 0 Å². The van der Waals surface area contributed by atoms with E-state index in [0.717, 1.165) is 5.56 Å². The molecule has 1 atom stereocenters. The molecule has 0 fully saturated rings. The standard InChI is InChI=1S/C14H18N2O2/c1-9(2)11(4)15-7-8-16-12(17)6-5-10(3)13(16)14(15)18/h5-9,11H,1-4H3. The molecule has 0 aromatic carbocycles. The highest BCUT2D eigenvalue weighted by Gasteiger charge is 2.13. The van der Waals surface area contributed by atoms with Gasteiger partial charge in [-0.1, -0.05) is 19.9 Å². The highest BCUT2D eigenvalue weighted by atomic mass is 16.1. The fraction of sp³-hybridized carbons (Fsp3) is 0.429. The first kappa shape index (κ1) is 12.6. The summed E-state index contributed by atoms with van der Waals surface area (Å²) in [7, 11) is 0. The van der Waals surface area contributed by atoms with Crippen molar-refractivity contribution < 1.29 is 0 Å². The minimum absolute atomic E-state index is 0.103. The first-order valence-corrected chi connectivity index (χ1v) is 6.16. The van der Waals surface area contributed by atoms with Crippen LogP contribution in [-0.2, 0) is 0 Å². The summed E-state index contributed by atoms with van der Waals surface area (Å²) in [6.07, 6.45) is 3.37. The molecule has 2 aromatic rings. The average Bonchev–Trinajstić information content (AvgIpc) is 2.33. The first-order valence-electron chi connectivity index (χ1n) is 6.16. The predicted octanol–water partition coefficient (Wildman–Crippen LogP) is 1.99. The van der Waals surface area contributed by atoms with Gasteiger partial charge in [0.25, 0.3) is 11.1 Å². The molecule has 0 N–H and O–H groups in total. The van der Waals surface area contributed by atoms with Crippen molar-refractivity contribution in [3.8, 4) is 0 Å². The van der Waals surface area contributed by atoms with Gasteiger partial charge in [-0.15, -0.1) is 0 Å². The fourth-order valence-corrected chi connectivity index (χ4v) is 2.05. The third-order valence-corrected chi connectivity index (χ3v) is 3.54. The van der Waals surface area contributed by atoms with Crippen molar-refractivity contribution in [3.05, 3.63) is 50.8 Å². The number of hydrogen-bond donors (Lipinski definition) is 0. The van der Waals surface area contributed by atoms with Gasteiger partial charge in [0.15, 0.2) is 0 Å². The van der Waals surface area contributed by atoms with Crippen LogP contribution in [0.2, 0.25) is 0 Å². The van der Waals surface area contributed by atoms with Crippen molar-refractivity contribution in [1.29, 1.82) is 0 Å². The van der Waals surface area contributed by atoms with Crippen molar-refractivity contribution in [1.82, 2.24) is 8.97 Å². The van der Waals surface area contributed by atoms with Crippen LogP contribution in [0.25, 0.3) is 5.52 Å². The van der Waals surface area contributed by atoms with Crippen molar-refractivity contribution >= 4 is 5.52 Å². The maximum atomic E-state index is 12.5. The van der Waals surface area contributed by atoms with Crippen molar-refractivity contribution in [2.75, 3.05) is 0 Å². The minimum Gasteiger partial charge on any atom is -0.309 e. The van der Waals surface area contributed by atoms with Crippen molar-refractivity contribution in [2.45, 2.75) is 33.7 Å². The summed E-state index contributed by atoms with van der Waals surface area (Å²) in [5.74, 6) is 0.362. The molecular formula is C14H18N2O2. The van der Waals surface area contributed by atoms with Crippen LogP contribution in [-0.4, -0.2) is 8.97 Å². The van der Waals surface area contributed by atoms with E-state index in [9.17, 15) is 9.59 Å². The van der Waals surface area contributed by atoms with Gasteiger partial charge in [0.1, 0.15) is 5.52 Å². The lowest BCUT2D eigenvalue weighted by Gasteiger charge is -2.19. The van der Waals surface area contributed by atoms with E-state index in [2.05, 4.69) is 13.8 Å². The molecule has 0 bridgehead atoms. The van der Waals surface area contributed by atoms with Crippen LogP contribution in [0, 0.1) is 12.8 Å². The molecule has 0 saturated carbocycles. The number of hydrogen-bond acceptors (Lipinski definition) is 2. The number of nitrogens with zero attached hydrogens (tertiary/aromatic N) is 2. The van der Waals surface area contributed by atoms with Crippen LogP contribution in [0.5, 0.6) is 0 Å². The number of aryl methyl sites for hydroxylation is 1. The lowest BCUT2D eigenvalue weighted by Crippen LogP contribution is -2.30. The predicted molar refractivity (Wildman–Crippen MR) is 72.2 cm³/mol. The van der Waals surface area contributed by atoms with Gasteiger partial charge in [0, 0.05) is 24.5 Å². The van der Waals surface area contributed by atoms with E-state index in [0.29, 0.717) is 11.4 Å². The molecule has 0 radical (unpaired) electrons. The fourth-order valence-electron chi connectivity index (χ4n) is 2.05. The topological polar surface area (TPSA) is 43.5 Å². The van der Waals surface area contributed by atoms with Gasteiger partial charge < -0.3 is 4.57 Å². The second kappa shape index (κ2) is 4.44. The summed E-state index contributed by atoms with van der Waals surface area (Å²) in [6, 6.07) is 3.29. The molecule has 2 rings (SSSR count). The molecule has 2 heterocycles. The monoisotopic (exact) mass is 246 g/mol. The second-order valence-electron chi connectivity index (χ2n) is 5.07. The molecule has 96 valence electrons. The van der Waals surface area contributed by atoms with Gasteiger partial charge in [-0.3, -0.25) is 14.0 Å². The molecule has 0 saturated heterocycles. The quantitative estimate of drug-likeness (QED) is 0.813. The Hall–Kier alpha value is -1.84. The number of rotatable bonds is 2. The van der Waals surface area contributed by atoms with Crippen LogP contribution < -0.4 is 11.1 Å². The Morgan fingerprint density at radius 2 is 1.72 bits per heavy atom. The van der Waals surface area contributed by atoms with E-state index in [1.807, 2.05) is 13.8 Å². The molecule has 4 heteroatoms. The van der Waals surface area contributed by atoms with Gasteiger partial charge in [0.2, 0.25) is 0 Å². The molecule has 0 amide bonds. The molecular weight excluding hydrogens is 228 g/mol. The summed E-state index contributed by atoms with van der Waals surface area (Å²) in [6.45, 7) is 8.01. The van der Waals surface area contributed by atoms with E-state index < -0.39 is 0 Å². The third-order valence-electron chi connectivity index (χ3n) is 3.54. The molecule has 0 spiro atoms. The summed E-state index contributed by atoms with van der Waals surface area (Å²) in [5.41, 5.74) is 1.02. The van der Waals surface area contributed by atoms with E-state index in [1.165, 1.54) is 10.5 Å². The Morgan fingerprint density at radius 1 is 1.06 bits per heavy atom. The van der Waals surface area contributed by atoms with Gasteiger partial charge in [0.05, 0.1) is 0 Å². The lowest BCUT2D eigenvalue weighted by atomic mass is 10.1. The molecule has 1 unspecified atom stereocenters. The van der Waals surface area contributed by atoms with E-state index in [4.69, 9.17) is 0 Å². The second-order valence-corrected chi connectivity index (χ2v) is 5.07. The minimum atomic E-state index is -0.169. The summed E-state index contributed by atoms with van der Waals surface area (Å²) in [4.78, 5) is 24.2. The highest BCUT2D eigenvalue weighted by molar-refractivity contribution is 5.51. The van der Waals surface area contributed by atoms with Gasteiger partial charge in [-0.2, -0.15) is 0 Å². The Bertz CT molecular complexity index is 695. The molecule has 0 aliphatic heterocycles. The summed E-state index contributed by atoms with van der Waals surface area (Å²) in [5, 5.41) is 0. The van der Waals surface area contributed by atoms with Crippen LogP contribution in [0.4, 0.5) is 0 Å². The van der Waals surface area contributed by atoms with Crippen molar-refractivity contribution in [2.24, 2.45) is 5.92 Å². The molecule has 2 aromatic heterocycles. The Morgan fingerprint density at radius 3 is 2.33 bits per heavy atom. The van der Waals surface area contributed by atoms with E-state index in [-0.39, 0.29) is 17.2 Å². The van der Waals surface area contributed by atoms with Crippen LogP contribution >= 0.6 is 0 Å². The molecule has 0 aliphatic carbocycles. The number of fused-ring (bicyclic) bond motifs is 1. The lowest BCUT2D eigenvalue weighted by molar-refractivity contribution is 0.398. The average molecular weight is 246 g/mol. The zero-order chi connectivity index (χ0) is 13.4. The maximum absolute atomic E-state index is 12.5. The number of pyridine rings is 1. The van der Waals surface area contributed by atoms with E-state index in [1.54, 1.807) is 23.0 Å². The molecule has 4 nitrogen and oxygen atoms in total. The Labute approximate surface area is 106 Å². The highest BCUT2D eigenvalue weighted by Crippen LogP contribution is 2.14. The molecule has 0 aliphatic rings. The summed E-state index contributed by atoms with van der Waals surface area (Å²) >= 11 is 0. The van der Waals surface area contributed by atoms with Crippen molar-refractivity contribution in [3.63, 3.8) is 0 Å². The first-order chi connectivity index (χ1) is 8.43. The molecule has 18 heavy (non-hydrogen) atoms.